The van der Waals surface area contributed by atoms with E-state index in [-0.39, 0.29) is 42.1 Å². The number of carbonyl (C=O) groups excluding carboxylic acids is 2. The minimum Gasteiger partial charge on any atom is -0.508 e. The number of ketones is 1. The Kier molecular flexibility index (Phi) is 4.72. The fourth-order valence-electron chi connectivity index (χ4n) is 5.78. The lowest BCUT2D eigenvalue weighted by molar-refractivity contribution is -0.129. The molecule has 5 heteroatoms. The molecule has 2 aliphatic carbocycles. The number of phenols is 1. The van der Waals surface area contributed by atoms with Crippen molar-refractivity contribution in [2.45, 2.75) is 31.2 Å². The van der Waals surface area contributed by atoms with E-state index in [9.17, 15) is 14.7 Å². The molecule has 166 valence electrons. The van der Waals surface area contributed by atoms with Gasteiger partial charge in [0.1, 0.15) is 18.1 Å². The lowest BCUT2D eigenvalue weighted by atomic mass is 9.73. The molecule has 1 saturated carbocycles. The van der Waals surface area contributed by atoms with Crippen LogP contribution in [0, 0.1) is 5.92 Å². The second-order valence-corrected chi connectivity index (χ2v) is 9.28. The Morgan fingerprint density at radius 3 is 2.27 bits per heavy atom. The Hall–Kier alpha value is -3.60. The van der Waals surface area contributed by atoms with Crippen LogP contribution in [0.1, 0.15) is 47.1 Å². The number of nitrogens with zero attached hydrogens (tertiary/aromatic N) is 1. The SMILES string of the molecule is O=C1CC(C2c3ccc(O)cc3CCN2C(=O)OCC2c3ccccc3-c3ccccc32)C1. The molecule has 0 radical (unpaired) electrons. The summed E-state index contributed by atoms with van der Waals surface area (Å²) in [6.07, 6.45) is 1.29. The number of carbonyl (C=O) groups is 2. The Labute approximate surface area is 192 Å². The first kappa shape index (κ1) is 20.0. The van der Waals surface area contributed by atoms with Crippen LogP contribution in [0.3, 0.4) is 0 Å². The van der Waals surface area contributed by atoms with Gasteiger partial charge in [0.05, 0.1) is 6.04 Å². The molecule has 0 spiro atoms. The van der Waals surface area contributed by atoms with Crippen LogP contribution < -0.4 is 0 Å². The fourth-order valence-corrected chi connectivity index (χ4v) is 5.78. The summed E-state index contributed by atoms with van der Waals surface area (Å²) in [5.41, 5.74) is 6.84. The van der Waals surface area contributed by atoms with Crippen LogP contribution in [0.25, 0.3) is 11.1 Å². The predicted octanol–water partition coefficient (Wildman–Crippen LogP) is 5.22. The molecule has 1 aliphatic heterocycles. The number of fused-ring (bicyclic) bond motifs is 4. The van der Waals surface area contributed by atoms with Crippen molar-refractivity contribution >= 4 is 11.9 Å². The van der Waals surface area contributed by atoms with E-state index in [1.165, 1.54) is 22.3 Å². The molecule has 33 heavy (non-hydrogen) atoms. The maximum absolute atomic E-state index is 13.4. The molecule has 6 rings (SSSR count). The number of benzene rings is 3. The van der Waals surface area contributed by atoms with Crippen molar-refractivity contribution in [3.05, 3.63) is 89.0 Å². The van der Waals surface area contributed by atoms with E-state index in [1.807, 2.05) is 30.3 Å². The molecular weight excluding hydrogens is 414 g/mol. The van der Waals surface area contributed by atoms with E-state index in [4.69, 9.17) is 4.74 Å². The van der Waals surface area contributed by atoms with Crippen molar-refractivity contribution in [3.63, 3.8) is 0 Å². The van der Waals surface area contributed by atoms with Gasteiger partial charge in [-0.1, -0.05) is 54.6 Å². The van der Waals surface area contributed by atoms with Gasteiger partial charge in [0, 0.05) is 25.3 Å². The van der Waals surface area contributed by atoms with Crippen LogP contribution in [-0.2, 0) is 16.0 Å². The maximum Gasteiger partial charge on any atom is 0.410 e. The highest BCUT2D eigenvalue weighted by atomic mass is 16.6. The molecule has 1 unspecified atom stereocenters. The van der Waals surface area contributed by atoms with Crippen molar-refractivity contribution in [3.8, 4) is 16.9 Å². The average Bonchev–Trinajstić information content (AvgIpc) is 3.13. The van der Waals surface area contributed by atoms with Crippen LogP contribution in [0.2, 0.25) is 0 Å². The molecule has 0 saturated heterocycles. The molecule has 1 heterocycles. The van der Waals surface area contributed by atoms with Crippen LogP contribution in [0.15, 0.2) is 66.7 Å². The van der Waals surface area contributed by atoms with E-state index < -0.39 is 0 Å². The monoisotopic (exact) mass is 439 g/mol. The largest absolute Gasteiger partial charge is 0.508 e. The van der Waals surface area contributed by atoms with Gasteiger partial charge in [-0.3, -0.25) is 4.79 Å². The van der Waals surface area contributed by atoms with E-state index in [0.29, 0.717) is 25.8 Å². The number of hydrogen-bond donors (Lipinski definition) is 1. The summed E-state index contributed by atoms with van der Waals surface area (Å²) < 4.78 is 5.95. The third-order valence-electron chi connectivity index (χ3n) is 7.40. The highest BCUT2D eigenvalue weighted by molar-refractivity contribution is 5.85. The topological polar surface area (TPSA) is 66.8 Å². The van der Waals surface area contributed by atoms with Gasteiger partial charge in [0.15, 0.2) is 0 Å². The predicted molar refractivity (Wildman–Crippen MR) is 124 cm³/mol. The number of hydrogen-bond acceptors (Lipinski definition) is 4. The molecule has 1 N–H and O–H groups in total. The highest BCUT2D eigenvalue weighted by Crippen LogP contribution is 2.46. The molecule has 0 aromatic heterocycles. The molecule has 3 aromatic rings. The number of amides is 1. The van der Waals surface area contributed by atoms with Gasteiger partial charge in [0.2, 0.25) is 0 Å². The van der Waals surface area contributed by atoms with E-state index >= 15 is 0 Å². The second kappa shape index (κ2) is 7.77. The average molecular weight is 440 g/mol. The first-order chi connectivity index (χ1) is 16.1. The lowest BCUT2D eigenvalue weighted by Gasteiger charge is -2.43. The van der Waals surface area contributed by atoms with Crippen molar-refractivity contribution in [1.82, 2.24) is 4.90 Å². The summed E-state index contributed by atoms with van der Waals surface area (Å²) in [5, 5.41) is 9.91. The molecule has 1 atom stereocenters. The van der Waals surface area contributed by atoms with Gasteiger partial charge in [-0.25, -0.2) is 4.79 Å². The summed E-state index contributed by atoms with van der Waals surface area (Å²) in [4.78, 5) is 26.9. The summed E-state index contributed by atoms with van der Waals surface area (Å²) in [7, 11) is 0. The summed E-state index contributed by atoms with van der Waals surface area (Å²) in [6.45, 7) is 0.796. The Bertz CT molecular complexity index is 1210. The number of phenolic OH excluding ortho intramolecular Hbond substituents is 1. The smallest absolute Gasteiger partial charge is 0.410 e. The molecule has 1 amide bonds. The van der Waals surface area contributed by atoms with Crippen molar-refractivity contribution in [1.29, 1.82) is 0 Å². The van der Waals surface area contributed by atoms with Gasteiger partial charge in [0.25, 0.3) is 0 Å². The lowest BCUT2D eigenvalue weighted by Crippen LogP contribution is -2.47. The number of Topliss-reactive ketones (excluding diaryl/α,β-unsaturated/α-hetero) is 1. The quantitative estimate of drug-likeness (QED) is 0.608. The molecule has 3 aliphatic rings. The van der Waals surface area contributed by atoms with Crippen LogP contribution in [-0.4, -0.2) is 35.0 Å². The zero-order chi connectivity index (χ0) is 22.5. The first-order valence-corrected chi connectivity index (χ1v) is 11.6. The summed E-state index contributed by atoms with van der Waals surface area (Å²) >= 11 is 0. The zero-order valence-electron chi connectivity index (χ0n) is 18.2. The third kappa shape index (κ3) is 3.30. The van der Waals surface area contributed by atoms with E-state index in [1.54, 1.807) is 17.0 Å². The minimum atomic E-state index is -0.333. The fraction of sp³-hybridized carbons (Fsp3) is 0.286. The van der Waals surface area contributed by atoms with Crippen molar-refractivity contribution in [2.24, 2.45) is 5.92 Å². The van der Waals surface area contributed by atoms with Gasteiger partial charge in [-0.05, 0) is 57.9 Å². The zero-order valence-corrected chi connectivity index (χ0v) is 18.2. The number of ether oxygens (including phenoxy) is 1. The Balaban J connectivity index is 1.25. The van der Waals surface area contributed by atoms with Gasteiger partial charge in [-0.2, -0.15) is 0 Å². The van der Waals surface area contributed by atoms with Crippen molar-refractivity contribution < 1.29 is 19.4 Å². The third-order valence-corrected chi connectivity index (χ3v) is 7.40. The molecule has 3 aromatic carbocycles. The minimum absolute atomic E-state index is 0.0131. The molecule has 1 fully saturated rings. The van der Waals surface area contributed by atoms with Gasteiger partial charge < -0.3 is 14.7 Å². The van der Waals surface area contributed by atoms with Crippen molar-refractivity contribution in [2.75, 3.05) is 13.2 Å². The van der Waals surface area contributed by atoms with Gasteiger partial charge >= 0.3 is 6.09 Å². The molecular formula is C28H25NO4. The Morgan fingerprint density at radius 1 is 0.939 bits per heavy atom. The van der Waals surface area contributed by atoms with Crippen LogP contribution in [0.5, 0.6) is 5.75 Å². The molecule has 5 nitrogen and oxygen atoms in total. The normalized spacial score (nSPS) is 19.5. The Morgan fingerprint density at radius 2 is 1.61 bits per heavy atom. The number of rotatable bonds is 3. The standard InChI is InChI=1S/C28H25NO4/c30-19-9-10-21-17(13-19)11-12-29(27(21)18-14-20(31)15-18)28(32)33-16-26-24-7-3-1-5-22(24)23-6-2-4-8-25(23)26/h1-10,13,18,26-27,30H,11-12,14-16H2. The second-order valence-electron chi connectivity index (χ2n) is 9.28. The maximum atomic E-state index is 13.4. The highest BCUT2D eigenvalue weighted by Gasteiger charge is 2.43. The summed E-state index contributed by atoms with van der Waals surface area (Å²) in [6, 6.07) is 21.7. The van der Waals surface area contributed by atoms with E-state index in [2.05, 4.69) is 24.3 Å². The first-order valence-electron chi connectivity index (χ1n) is 11.6. The van der Waals surface area contributed by atoms with Crippen LogP contribution >= 0.6 is 0 Å². The van der Waals surface area contributed by atoms with Gasteiger partial charge in [-0.15, -0.1) is 0 Å². The van der Waals surface area contributed by atoms with E-state index in [0.717, 1.165) is 11.1 Å². The molecule has 0 bridgehead atoms. The summed E-state index contributed by atoms with van der Waals surface area (Å²) in [5.74, 6) is 0.575. The van der Waals surface area contributed by atoms with Crippen LogP contribution in [0.4, 0.5) is 4.79 Å². The number of aromatic hydroxyl groups is 1.